The fourth-order valence-corrected chi connectivity index (χ4v) is 2.71. The quantitative estimate of drug-likeness (QED) is 0.611. The number of nitrogens with two attached hydrogens (primary N) is 1. The van der Waals surface area contributed by atoms with Crippen molar-refractivity contribution in [1.82, 2.24) is 0 Å². The van der Waals surface area contributed by atoms with E-state index < -0.39 is 20.9 Å². The molecule has 132 valence electrons. The molecule has 0 aliphatic heterocycles. The highest BCUT2D eigenvalue weighted by atomic mass is 32.2. The lowest BCUT2D eigenvalue weighted by Gasteiger charge is -2.12. The van der Waals surface area contributed by atoms with Crippen molar-refractivity contribution in [2.24, 2.45) is 5.14 Å². The number of benzene rings is 2. The van der Waals surface area contributed by atoms with Gasteiger partial charge in [0.2, 0.25) is 10.0 Å². The Balaban J connectivity index is 2.39. The highest BCUT2D eigenvalue weighted by Crippen LogP contribution is 2.28. The number of nitro groups is 1. The van der Waals surface area contributed by atoms with E-state index in [1.807, 2.05) is 0 Å². The van der Waals surface area contributed by atoms with E-state index in [4.69, 9.17) is 9.88 Å². The monoisotopic (exact) mass is 365 g/mol. The van der Waals surface area contributed by atoms with Crippen LogP contribution in [-0.4, -0.2) is 26.4 Å². The lowest BCUT2D eigenvalue weighted by Crippen LogP contribution is -2.16. The molecule has 0 aliphatic rings. The van der Waals surface area contributed by atoms with Gasteiger partial charge < -0.3 is 10.1 Å². The molecule has 0 heterocycles. The average Bonchev–Trinajstić information content (AvgIpc) is 2.53. The summed E-state index contributed by atoms with van der Waals surface area (Å²) in [5.41, 5.74) is 0.571. The van der Waals surface area contributed by atoms with Crippen LogP contribution < -0.4 is 15.2 Å². The number of methoxy groups -OCH3 is 1. The first-order valence-electron chi connectivity index (χ1n) is 6.90. The largest absolute Gasteiger partial charge is 0.495 e. The van der Waals surface area contributed by atoms with Gasteiger partial charge in [-0.05, 0) is 36.8 Å². The van der Waals surface area contributed by atoms with E-state index >= 15 is 0 Å². The van der Waals surface area contributed by atoms with Crippen LogP contribution in [0.15, 0.2) is 41.3 Å². The molecule has 0 aromatic heterocycles. The Kier molecular flexibility index (Phi) is 5.04. The van der Waals surface area contributed by atoms with E-state index in [1.165, 1.54) is 43.5 Å². The van der Waals surface area contributed by atoms with E-state index in [-0.39, 0.29) is 27.6 Å². The van der Waals surface area contributed by atoms with Crippen molar-refractivity contribution in [3.63, 3.8) is 0 Å². The minimum atomic E-state index is -3.96. The van der Waals surface area contributed by atoms with Crippen LogP contribution in [0.3, 0.4) is 0 Å². The van der Waals surface area contributed by atoms with Crippen molar-refractivity contribution in [2.75, 3.05) is 12.4 Å². The zero-order valence-corrected chi connectivity index (χ0v) is 14.2. The predicted octanol–water partition coefficient (Wildman–Crippen LogP) is 1.81. The Labute approximate surface area is 143 Å². The highest BCUT2D eigenvalue weighted by Gasteiger charge is 2.17. The summed E-state index contributed by atoms with van der Waals surface area (Å²) in [5.74, 6) is -0.336. The van der Waals surface area contributed by atoms with Crippen LogP contribution in [0.4, 0.5) is 11.4 Å². The van der Waals surface area contributed by atoms with Gasteiger partial charge in [-0.15, -0.1) is 0 Å². The molecule has 0 fully saturated rings. The molecule has 3 N–H and O–H groups in total. The van der Waals surface area contributed by atoms with Crippen LogP contribution in [0.5, 0.6) is 5.75 Å². The third kappa shape index (κ3) is 4.11. The summed E-state index contributed by atoms with van der Waals surface area (Å²) in [5, 5.41) is 18.4. The number of nitrogens with zero attached hydrogens (tertiary/aromatic N) is 1. The Bertz CT molecular complexity index is 956. The SMILES string of the molecule is COc1ccc(S(N)(=O)=O)cc1NC(=O)c1ccc([N+](=O)[O-])cc1C. The molecule has 2 aromatic rings. The van der Waals surface area contributed by atoms with Gasteiger partial charge in [0.1, 0.15) is 5.75 Å². The second kappa shape index (κ2) is 6.87. The molecule has 0 aliphatic carbocycles. The lowest BCUT2D eigenvalue weighted by molar-refractivity contribution is -0.384. The van der Waals surface area contributed by atoms with E-state index in [1.54, 1.807) is 6.92 Å². The second-order valence-corrected chi connectivity index (χ2v) is 6.68. The minimum absolute atomic E-state index is 0.108. The number of nitro benzene ring substituents is 1. The Morgan fingerprint density at radius 3 is 2.44 bits per heavy atom. The van der Waals surface area contributed by atoms with Gasteiger partial charge in [0, 0.05) is 17.7 Å². The Morgan fingerprint density at radius 1 is 1.24 bits per heavy atom. The molecule has 0 atom stereocenters. The van der Waals surface area contributed by atoms with Crippen molar-refractivity contribution in [2.45, 2.75) is 11.8 Å². The fraction of sp³-hybridized carbons (Fsp3) is 0.133. The molecule has 0 saturated heterocycles. The number of nitrogens with one attached hydrogen (secondary N) is 1. The third-order valence-corrected chi connectivity index (χ3v) is 4.32. The number of primary sulfonamides is 1. The van der Waals surface area contributed by atoms with Crippen LogP contribution in [0.1, 0.15) is 15.9 Å². The molecule has 0 unspecified atom stereocenters. The number of carbonyl (C=O) groups excluding carboxylic acids is 1. The maximum absolute atomic E-state index is 12.4. The summed E-state index contributed by atoms with van der Waals surface area (Å²) in [6.45, 7) is 1.56. The van der Waals surface area contributed by atoms with Crippen LogP contribution in [-0.2, 0) is 10.0 Å². The van der Waals surface area contributed by atoms with Gasteiger partial charge in [-0.3, -0.25) is 14.9 Å². The Hall–Kier alpha value is -2.98. The van der Waals surface area contributed by atoms with E-state index in [0.717, 1.165) is 0 Å². The van der Waals surface area contributed by atoms with Crippen molar-refractivity contribution in [3.8, 4) is 5.75 Å². The van der Waals surface area contributed by atoms with Crippen LogP contribution in [0.25, 0.3) is 0 Å². The number of rotatable bonds is 5. The highest BCUT2D eigenvalue weighted by molar-refractivity contribution is 7.89. The third-order valence-electron chi connectivity index (χ3n) is 3.41. The van der Waals surface area contributed by atoms with Crippen LogP contribution in [0.2, 0.25) is 0 Å². The van der Waals surface area contributed by atoms with Gasteiger partial charge in [0.15, 0.2) is 0 Å². The number of ether oxygens (including phenoxy) is 1. The van der Waals surface area contributed by atoms with Gasteiger partial charge in [-0.2, -0.15) is 0 Å². The maximum Gasteiger partial charge on any atom is 0.269 e. The number of amides is 1. The predicted molar refractivity (Wildman–Crippen MR) is 90.2 cm³/mol. The number of hydrogen-bond donors (Lipinski definition) is 2. The van der Waals surface area contributed by atoms with Gasteiger partial charge >= 0.3 is 0 Å². The molecule has 2 aromatic carbocycles. The Morgan fingerprint density at radius 2 is 1.92 bits per heavy atom. The van der Waals surface area contributed by atoms with E-state index in [0.29, 0.717) is 5.56 Å². The second-order valence-electron chi connectivity index (χ2n) is 5.12. The summed E-state index contributed by atoms with van der Waals surface area (Å²) in [4.78, 5) is 22.4. The van der Waals surface area contributed by atoms with Crippen molar-refractivity contribution in [1.29, 1.82) is 0 Å². The first-order chi connectivity index (χ1) is 11.6. The minimum Gasteiger partial charge on any atom is -0.495 e. The topological polar surface area (TPSA) is 142 Å². The average molecular weight is 365 g/mol. The fourth-order valence-electron chi connectivity index (χ4n) is 2.17. The van der Waals surface area contributed by atoms with E-state index in [2.05, 4.69) is 5.32 Å². The number of non-ortho nitro benzene ring substituents is 1. The lowest BCUT2D eigenvalue weighted by atomic mass is 10.1. The zero-order chi connectivity index (χ0) is 18.8. The maximum atomic E-state index is 12.4. The molecule has 2 rings (SSSR count). The van der Waals surface area contributed by atoms with E-state index in [9.17, 15) is 23.3 Å². The molecule has 25 heavy (non-hydrogen) atoms. The molecule has 0 radical (unpaired) electrons. The van der Waals surface area contributed by atoms with Gasteiger partial charge in [0.25, 0.3) is 11.6 Å². The molecular weight excluding hydrogens is 350 g/mol. The molecule has 0 saturated carbocycles. The van der Waals surface area contributed by atoms with Gasteiger partial charge in [0.05, 0.1) is 22.6 Å². The number of hydrogen-bond acceptors (Lipinski definition) is 6. The summed E-state index contributed by atoms with van der Waals surface area (Å²) in [6.07, 6.45) is 0. The number of sulfonamides is 1. The summed E-state index contributed by atoms with van der Waals surface area (Å²) >= 11 is 0. The number of anilines is 1. The van der Waals surface area contributed by atoms with Crippen LogP contribution in [0, 0.1) is 17.0 Å². The van der Waals surface area contributed by atoms with Crippen LogP contribution >= 0.6 is 0 Å². The first kappa shape index (κ1) is 18.4. The zero-order valence-electron chi connectivity index (χ0n) is 13.3. The van der Waals surface area contributed by atoms with Gasteiger partial charge in [-0.1, -0.05) is 0 Å². The standard InChI is InChI=1S/C15H15N3O6S/c1-9-7-10(18(20)21)3-5-12(9)15(19)17-13-8-11(25(16,22)23)4-6-14(13)24-2/h3-8H,1-2H3,(H,17,19)(H2,16,22,23). The normalized spacial score (nSPS) is 11.0. The summed E-state index contributed by atoms with van der Waals surface area (Å²) in [7, 11) is -2.60. The smallest absolute Gasteiger partial charge is 0.269 e. The molecule has 0 spiro atoms. The summed E-state index contributed by atoms with van der Waals surface area (Å²) in [6, 6.07) is 7.58. The molecule has 10 heteroatoms. The molecule has 0 bridgehead atoms. The molecular formula is C15H15N3O6S. The number of aryl methyl sites for hydroxylation is 1. The van der Waals surface area contributed by atoms with Crippen molar-refractivity contribution < 1.29 is 22.9 Å². The van der Waals surface area contributed by atoms with Crippen molar-refractivity contribution >= 4 is 27.3 Å². The molecule has 1 amide bonds. The number of carbonyl (C=O) groups is 1. The molecule has 9 nitrogen and oxygen atoms in total. The summed E-state index contributed by atoms with van der Waals surface area (Å²) < 4.78 is 28.0. The van der Waals surface area contributed by atoms with Crippen molar-refractivity contribution in [3.05, 3.63) is 57.6 Å². The van der Waals surface area contributed by atoms with Gasteiger partial charge in [-0.25, -0.2) is 13.6 Å². The first-order valence-corrected chi connectivity index (χ1v) is 8.45.